The van der Waals surface area contributed by atoms with E-state index in [0.29, 0.717) is 22.9 Å². The van der Waals surface area contributed by atoms with Gasteiger partial charge in [-0.05, 0) is 30.7 Å². The number of nitrogens with zero attached hydrogens (tertiary/aromatic N) is 2. The number of nitrogens with two attached hydrogens (primary N) is 1. The van der Waals surface area contributed by atoms with Crippen LogP contribution in [0.5, 0.6) is 11.6 Å². The number of hydrogen-bond donors (Lipinski definition) is 3. The van der Waals surface area contributed by atoms with Gasteiger partial charge in [0.1, 0.15) is 5.75 Å². The summed E-state index contributed by atoms with van der Waals surface area (Å²) in [4.78, 5) is 4.22. The average molecular weight is 273 g/mol. The van der Waals surface area contributed by atoms with E-state index in [-0.39, 0.29) is 12.4 Å². The van der Waals surface area contributed by atoms with Gasteiger partial charge in [0.2, 0.25) is 5.88 Å². The summed E-state index contributed by atoms with van der Waals surface area (Å²) in [6.07, 6.45) is 0. The molecule has 0 saturated heterocycles. The first-order valence-electron chi connectivity index (χ1n) is 5.96. The minimum atomic E-state index is -0.0617. The van der Waals surface area contributed by atoms with Crippen molar-refractivity contribution in [2.75, 3.05) is 0 Å². The number of pyridine rings is 1. The standard InChI is InChI=1S/C14H15N3O3/c1-9-5-11(14(15)17-19)7-13(16-9)20-12-4-2-3-10(6-12)8-18/h2-7,18-19H,8H2,1H3,(H2,15,17). The fourth-order valence-corrected chi connectivity index (χ4v) is 1.72. The zero-order valence-corrected chi connectivity index (χ0v) is 10.9. The van der Waals surface area contributed by atoms with Crippen molar-refractivity contribution in [1.29, 1.82) is 0 Å². The summed E-state index contributed by atoms with van der Waals surface area (Å²) < 4.78 is 5.62. The summed E-state index contributed by atoms with van der Waals surface area (Å²) >= 11 is 0. The largest absolute Gasteiger partial charge is 0.439 e. The number of rotatable bonds is 4. The Kier molecular flexibility index (Phi) is 4.17. The van der Waals surface area contributed by atoms with Crippen LogP contribution in [0.2, 0.25) is 0 Å². The maximum Gasteiger partial charge on any atom is 0.220 e. The molecule has 1 heterocycles. The number of aliphatic hydroxyl groups is 1. The van der Waals surface area contributed by atoms with Gasteiger partial charge in [-0.3, -0.25) is 0 Å². The van der Waals surface area contributed by atoms with Gasteiger partial charge >= 0.3 is 0 Å². The Hall–Kier alpha value is -2.60. The SMILES string of the molecule is Cc1cc(/C(N)=N/O)cc(Oc2cccc(CO)c2)n1. The molecule has 6 heteroatoms. The van der Waals surface area contributed by atoms with Crippen LogP contribution in [-0.4, -0.2) is 21.1 Å². The monoisotopic (exact) mass is 273 g/mol. The van der Waals surface area contributed by atoms with Crippen LogP contribution >= 0.6 is 0 Å². The number of hydrogen-bond acceptors (Lipinski definition) is 5. The Balaban J connectivity index is 2.31. The third-order valence-corrected chi connectivity index (χ3v) is 2.64. The molecule has 104 valence electrons. The van der Waals surface area contributed by atoms with Gasteiger partial charge in [-0.2, -0.15) is 0 Å². The normalized spacial score (nSPS) is 11.4. The summed E-state index contributed by atoms with van der Waals surface area (Å²) in [7, 11) is 0. The van der Waals surface area contributed by atoms with E-state index in [0.717, 1.165) is 5.56 Å². The van der Waals surface area contributed by atoms with E-state index in [1.54, 1.807) is 43.3 Å². The molecule has 0 saturated carbocycles. The van der Waals surface area contributed by atoms with Crippen LogP contribution in [0.4, 0.5) is 0 Å². The van der Waals surface area contributed by atoms with E-state index in [2.05, 4.69) is 10.1 Å². The highest BCUT2D eigenvalue weighted by Crippen LogP contribution is 2.22. The lowest BCUT2D eigenvalue weighted by molar-refractivity contribution is 0.281. The Morgan fingerprint density at radius 1 is 1.35 bits per heavy atom. The molecule has 6 nitrogen and oxygen atoms in total. The van der Waals surface area contributed by atoms with Crippen molar-refractivity contribution in [3.8, 4) is 11.6 Å². The highest BCUT2D eigenvalue weighted by molar-refractivity contribution is 5.97. The van der Waals surface area contributed by atoms with Crippen LogP contribution in [0.15, 0.2) is 41.6 Å². The predicted molar refractivity (Wildman–Crippen MR) is 73.9 cm³/mol. The van der Waals surface area contributed by atoms with Gasteiger partial charge in [-0.1, -0.05) is 17.3 Å². The molecule has 4 N–H and O–H groups in total. The van der Waals surface area contributed by atoms with Gasteiger partial charge in [0, 0.05) is 17.3 Å². The van der Waals surface area contributed by atoms with Crippen molar-refractivity contribution in [3.63, 3.8) is 0 Å². The summed E-state index contributed by atoms with van der Waals surface area (Å²) in [6.45, 7) is 1.72. The molecule has 0 atom stereocenters. The fraction of sp³-hybridized carbons (Fsp3) is 0.143. The van der Waals surface area contributed by atoms with Crippen molar-refractivity contribution in [2.24, 2.45) is 10.9 Å². The molecule has 0 aliphatic heterocycles. The zero-order chi connectivity index (χ0) is 14.5. The van der Waals surface area contributed by atoms with E-state index in [4.69, 9.17) is 20.8 Å². The molecular formula is C14H15N3O3. The highest BCUT2D eigenvalue weighted by atomic mass is 16.5. The van der Waals surface area contributed by atoms with Crippen molar-refractivity contribution in [1.82, 2.24) is 4.98 Å². The smallest absolute Gasteiger partial charge is 0.220 e. The molecular weight excluding hydrogens is 258 g/mol. The molecule has 2 rings (SSSR count). The van der Waals surface area contributed by atoms with Crippen LogP contribution in [-0.2, 0) is 6.61 Å². The van der Waals surface area contributed by atoms with Crippen molar-refractivity contribution in [2.45, 2.75) is 13.5 Å². The number of aryl methyl sites for hydroxylation is 1. The second-order valence-corrected chi connectivity index (χ2v) is 4.23. The molecule has 0 aliphatic rings. The van der Waals surface area contributed by atoms with Crippen molar-refractivity contribution in [3.05, 3.63) is 53.2 Å². The number of oxime groups is 1. The highest BCUT2D eigenvalue weighted by Gasteiger charge is 2.06. The number of amidine groups is 1. The van der Waals surface area contributed by atoms with E-state index < -0.39 is 0 Å². The topological polar surface area (TPSA) is 101 Å². The molecule has 0 bridgehead atoms. The quantitative estimate of drug-likeness (QED) is 0.341. The molecule has 1 aromatic heterocycles. The lowest BCUT2D eigenvalue weighted by atomic mass is 10.2. The molecule has 0 radical (unpaired) electrons. The molecule has 2 aromatic rings. The van der Waals surface area contributed by atoms with Crippen LogP contribution < -0.4 is 10.5 Å². The number of aromatic nitrogens is 1. The van der Waals surface area contributed by atoms with Gasteiger partial charge in [-0.25, -0.2) is 4.98 Å². The first kappa shape index (κ1) is 13.8. The third kappa shape index (κ3) is 3.24. The summed E-state index contributed by atoms with van der Waals surface area (Å²) in [5.41, 5.74) is 7.50. The Morgan fingerprint density at radius 3 is 2.85 bits per heavy atom. The lowest BCUT2D eigenvalue weighted by Gasteiger charge is -2.08. The second-order valence-electron chi connectivity index (χ2n) is 4.23. The van der Waals surface area contributed by atoms with Crippen molar-refractivity contribution >= 4 is 5.84 Å². The maximum absolute atomic E-state index is 9.09. The third-order valence-electron chi connectivity index (χ3n) is 2.64. The molecule has 0 spiro atoms. The van der Waals surface area contributed by atoms with E-state index >= 15 is 0 Å². The molecule has 0 amide bonds. The van der Waals surface area contributed by atoms with Crippen LogP contribution in [0.25, 0.3) is 0 Å². The van der Waals surface area contributed by atoms with E-state index in [9.17, 15) is 0 Å². The molecule has 20 heavy (non-hydrogen) atoms. The maximum atomic E-state index is 9.09. The Morgan fingerprint density at radius 2 is 2.15 bits per heavy atom. The van der Waals surface area contributed by atoms with Gasteiger partial charge in [-0.15, -0.1) is 0 Å². The fourth-order valence-electron chi connectivity index (χ4n) is 1.72. The summed E-state index contributed by atoms with van der Waals surface area (Å²) in [5.74, 6) is 0.881. The number of ether oxygens (including phenoxy) is 1. The lowest BCUT2D eigenvalue weighted by Crippen LogP contribution is -2.13. The number of benzene rings is 1. The van der Waals surface area contributed by atoms with Gasteiger partial charge in [0.15, 0.2) is 5.84 Å². The van der Waals surface area contributed by atoms with Gasteiger partial charge in [0.25, 0.3) is 0 Å². The summed E-state index contributed by atoms with van der Waals surface area (Å²) in [5, 5.41) is 20.7. The summed E-state index contributed by atoms with van der Waals surface area (Å²) in [6, 6.07) is 10.3. The predicted octanol–water partition coefficient (Wildman–Crippen LogP) is 1.77. The molecule has 1 aromatic carbocycles. The molecule has 0 unspecified atom stereocenters. The minimum absolute atomic E-state index is 0.00976. The molecule has 0 aliphatic carbocycles. The first-order chi connectivity index (χ1) is 9.62. The van der Waals surface area contributed by atoms with Gasteiger partial charge in [0.05, 0.1) is 6.61 Å². The van der Waals surface area contributed by atoms with Crippen LogP contribution in [0.3, 0.4) is 0 Å². The average Bonchev–Trinajstić information content (AvgIpc) is 2.46. The van der Waals surface area contributed by atoms with E-state index in [1.165, 1.54) is 0 Å². The zero-order valence-electron chi connectivity index (χ0n) is 10.9. The van der Waals surface area contributed by atoms with Crippen LogP contribution in [0.1, 0.15) is 16.8 Å². The van der Waals surface area contributed by atoms with E-state index in [1.807, 2.05) is 0 Å². The van der Waals surface area contributed by atoms with Crippen molar-refractivity contribution < 1.29 is 15.1 Å². The van der Waals surface area contributed by atoms with Gasteiger partial charge < -0.3 is 20.8 Å². The number of aliphatic hydroxyl groups excluding tert-OH is 1. The Labute approximate surface area is 116 Å². The van der Waals surface area contributed by atoms with Crippen LogP contribution in [0, 0.1) is 6.92 Å². The molecule has 0 fully saturated rings. The minimum Gasteiger partial charge on any atom is -0.439 e. The second kappa shape index (κ2) is 6.03. The first-order valence-corrected chi connectivity index (χ1v) is 5.96. The Bertz CT molecular complexity index is 641.